The van der Waals surface area contributed by atoms with Crippen molar-refractivity contribution in [1.82, 2.24) is 20.6 Å². The fraction of sp³-hybridized carbons (Fsp3) is 0.231. The molecular formula is C13H12N4O3. The van der Waals surface area contributed by atoms with Gasteiger partial charge >= 0.3 is 5.63 Å². The molecule has 0 fully saturated rings. The van der Waals surface area contributed by atoms with Gasteiger partial charge in [-0.25, -0.2) is 4.79 Å². The molecule has 0 aliphatic carbocycles. The van der Waals surface area contributed by atoms with Crippen molar-refractivity contribution in [2.45, 2.75) is 20.5 Å². The molecule has 0 amide bonds. The molecule has 3 rings (SSSR count). The minimum Gasteiger partial charge on any atom is -0.485 e. The molecule has 0 aliphatic heterocycles. The average molecular weight is 272 g/mol. The van der Waals surface area contributed by atoms with Crippen molar-refractivity contribution in [3.05, 3.63) is 45.6 Å². The molecule has 7 heteroatoms. The van der Waals surface area contributed by atoms with E-state index in [0.29, 0.717) is 22.7 Å². The Morgan fingerprint density at radius 2 is 2.15 bits per heavy atom. The molecule has 0 saturated carbocycles. The van der Waals surface area contributed by atoms with Crippen LogP contribution in [0, 0.1) is 13.8 Å². The zero-order valence-corrected chi connectivity index (χ0v) is 11.0. The van der Waals surface area contributed by atoms with Gasteiger partial charge < -0.3 is 9.15 Å². The van der Waals surface area contributed by atoms with E-state index in [1.165, 1.54) is 0 Å². The first-order valence-corrected chi connectivity index (χ1v) is 6.04. The van der Waals surface area contributed by atoms with Crippen LogP contribution in [0.5, 0.6) is 5.75 Å². The highest BCUT2D eigenvalue weighted by atomic mass is 16.5. The highest BCUT2D eigenvalue weighted by Crippen LogP contribution is 2.24. The van der Waals surface area contributed by atoms with E-state index in [1.54, 1.807) is 13.0 Å². The van der Waals surface area contributed by atoms with Crippen LogP contribution in [-0.4, -0.2) is 20.6 Å². The van der Waals surface area contributed by atoms with Gasteiger partial charge in [-0.05, 0) is 31.5 Å². The number of hydrogen-bond donors (Lipinski definition) is 1. The van der Waals surface area contributed by atoms with Gasteiger partial charge in [0.05, 0.1) is 0 Å². The summed E-state index contributed by atoms with van der Waals surface area (Å²) in [6, 6.07) is 5.37. The predicted octanol–water partition coefficient (Wildman–Crippen LogP) is 1.50. The van der Waals surface area contributed by atoms with Crippen LogP contribution in [0.15, 0.2) is 27.4 Å². The highest BCUT2D eigenvalue weighted by molar-refractivity contribution is 5.82. The Hall–Kier alpha value is -2.70. The van der Waals surface area contributed by atoms with E-state index < -0.39 is 0 Å². The minimum absolute atomic E-state index is 0.192. The summed E-state index contributed by atoms with van der Waals surface area (Å²) < 4.78 is 10.8. The molecule has 2 aromatic heterocycles. The number of aromatic nitrogens is 4. The van der Waals surface area contributed by atoms with Gasteiger partial charge in [-0.2, -0.15) is 5.21 Å². The number of ether oxygens (including phenoxy) is 1. The lowest BCUT2D eigenvalue weighted by atomic mass is 10.1. The van der Waals surface area contributed by atoms with E-state index in [9.17, 15) is 4.79 Å². The van der Waals surface area contributed by atoms with Crippen LogP contribution in [0.1, 0.15) is 17.0 Å². The fourth-order valence-corrected chi connectivity index (χ4v) is 1.91. The summed E-state index contributed by atoms with van der Waals surface area (Å²) in [5.74, 6) is 1.03. The van der Waals surface area contributed by atoms with Crippen molar-refractivity contribution in [1.29, 1.82) is 0 Å². The van der Waals surface area contributed by atoms with E-state index in [0.717, 1.165) is 10.9 Å². The van der Waals surface area contributed by atoms with Gasteiger partial charge in [-0.1, -0.05) is 5.21 Å². The molecule has 3 aromatic rings. The van der Waals surface area contributed by atoms with Crippen molar-refractivity contribution in [2.24, 2.45) is 0 Å². The molecule has 0 aliphatic rings. The first-order chi connectivity index (χ1) is 9.65. The van der Waals surface area contributed by atoms with Gasteiger partial charge in [0.2, 0.25) is 5.82 Å². The highest BCUT2D eigenvalue weighted by Gasteiger charge is 2.09. The summed E-state index contributed by atoms with van der Waals surface area (Å²) in [7, 11) is 0. The van der Waals surface area contributed by atoms with Gasteiger partial charge in [0.25, 0.3) is 0 Å². The van der Waals surface area contributed by atoms with Crippen LogP contribution >= 0.6 is 0 Å². The number of aromatic amines is 1. The normalized spacial score (nSPS) is 10.9. The van der Waals surface area contributed by atoms with Crippen LogP contribution in [0.4, 0.5) is 0 Å². The van der Waals surface area contributed by atoms with E-state index in [2.05, 4.69) is 20.6 Å². The second-order valence-corrected chi connectivity index (χ2v) is 4.41. The van der Waals surface area contributed by atoms with Crippen LogP contribution in [-0.2, 0) is 6.61 Å². The average Bonchev–Trinajstić information content (AvgIpc) is 2.96. The monoisotopic (exact) mass is 272 g/mol. The third-order valence-corrected chi connectivity index (χ3v) is 3.19. The number of benzene rings is 1. The van der Waals surface area contributed by atoms with Crippen LogP contribution in [0.25, 0.3) is 11.0 Å². The van der Waals surface area contributed by atoms with E-state index >= 15 is 0 Å². The second-order valence-electron chi connectivity index (χ2n) is 4.41. The van der Waals surface area contributed by atoms with Crippen LogP contribution in [0.2, 0.25) is 0 Å². The number of H-pyrrole nitrogens is 1. The van der Waals surface area contributed by atoms with E-state index in [1.807, 2.05) is 19.1 Å². The molecule has 7 nitrogen and oxygen atoms in total. The molecule has 102 valence electrons. The summed E-state index contributed by atoms with van der Waals surface area (Å²) in [6.07, 6.45) is 0. The molecule has 1 N–H and O–H groups in total. The van der Waals surface area contributed by atoms with E-state index in [4.69, 9.17) is 9.15 Å². The molecule has 2 heterocycles. The Morgan fingerprint density at radius 1 is 1.30 bits per heavy atom. The zero-order chi connectivity index (χ0) is 14.1. The minimum atomic E-state index is -0.328. The Labute approximate surface area is 113 Å². The molecule has 1 aromatic carbocycles. The smallest absolute Gasteiger partial charge is 0.339 e. The maximum absolute atomic E-state index is 11.7. The Morgan fingerprint density at radius 3 is 2.90 bits per heavy atom. The Kier molecular flexibility index (Phi) is 2.94. The first kappa shape index (κ1) is 12.3. The quantitative estimate of drug-likeness (QED) is 0.726. The lowest BCUT2D eigenvalue weighted by molar-refractivity contribution is 0.296. The predicted molar refractivity (Wildman–Crippen MR) is 70.5 cm³/mol. The molecule has 0 saturated heterocycles. The summed E-state index contributed by atoms with van der Waals surface area (Å²) in [5, 5.41) is 14.3. The van der Waals surface area contributed by atoms with Crippen molar-refractivity contribution in [3.8, 4) is 5.75 Å². The standard InChI is InChI=1S/C13H12N4O3/c1-7-8(2)13(18)20-11-5-9(3-4-10(7)11)19-6-12-14-16-17-15-12/h3-5H,6H2,1-2H3,(H,14,15,16,17). The van der Waals surface area contributed by atoms with Crippen LogP contribution < -0.4 is 10.4 Å². The Balaban J connectivity index is 1.94. The summed E-state index contributed by atoms with van der Waals surface area (Å²) in [4.78, 5) is 11.7. The van der Waals surface area contributed by atoms with Gasteiger partial charge in [0.1, 0.15) is 11.3 Å². The third kappa shape index (κ3) is 2.13. The zero-order valence-electron chi connectivity index (χ0n) is 11.0. The topological polar surface area (TPSA) is 93.9 Å². The molecule has 0 atom stereocenters. The lowest BCUT2D eigenvalue weighted by Crippen LogP contribution is -2.05. The molecule has 20 heavy (non-hydrogen) atoms. The van der Waals surface area contributed by atoms with Gasteiger partial charge in [0, 0.05) is 17.0 Å². The Bertz CT molecular complexity index is 808. The number of nitrogens with zero attached hydrogens (tertiary/aromatic N) is 3. The number of rotatable bonds is 3. The van der Waals surface area contributed by atoms with Gasteiger partial charge in [-0.3, -0.25) is 0 Å². The number of hydrogen-bond acceptors (Lipinski definition) is 6. The first-order valence-electron chi connectivity index (χ1n) is 6.04. The maximum atomic E-state index is 11.7. The lowest BCUT2D eigenvalue weighted by Gasteiger charge is -2.07. The third-order valence-electron chi connectivity index (χ3n) is 3.19. The number of fused-ring (bicyclic) bond motifs is 1. The molecular weight excluding hydrogens is 260 g/mol. The summed E-state index contributed by atoms with van der Waals surface area (Å²) >= 11 is 0. The van der Waals surface area contributed by atoms with Gasteiger partial charge in [0.15, 0.2) is 6.61 Å². The molecule has 0 spiro atoms. The van der Waals surface area contributed by atoms with Crippen molar-refractivity contribution in [3.63, 3.8) is 0 Å². The SMILES string of the molecule is Cc1c(C)c2ccc(OCc3nn[nH]n3)cc2oc1=O. The number of aryl methyl sites for hydroxylation is 1. The van der Waals surface area contributed by atoms with E-state index in [-0.39, 0.29) is 12.2 Å². The van der Waals surface area contributed by atoms with Crippen LogP contribution in [0.3, 0.4) is 0 Å². The second kappa shape index (κ2) is 4.76. The maximum Gasteiger partial charge on any atom is 0.339 e. The number of tetrazole rings is 1. The largest absolute Gasteiger partial charge is 0.485 e. The van der Waals surface area contributed by atoms with Gasteiger partial charge in [-0.15, -0.1) is 10.2 Å². The summed E-state index contributed by atoms with van der Waals surface area (Å²) in [6.45, 7) is 3.84. The molecule has 0 radical (unpaired) electrons. The van der Waals surface area contributed by atoms with Crippen molar-refractivity contribution in [2.75, 3.05) is 0 Å². The van der Waals surface area contributed by atoms with Crippen molar-refractivity contribution < 1.29 is 9.15 Å². The molecule has 0 bridgehead atoms. The fourth-order valence-electron chi connectivity index (χ4n) is 1.91. The van der Waals surface area contributed by atoms with Crippen molar-refractivity contribution >= 4 is 11.0 Å². The molecule has 0 unspecified atom stereocenters. The number of nitrogens with one attached hydrogen (secondary N) is 1. The summed E-state index contributed by atoms with van der Waals surface area (Å²) in [5.41, 5.74) is 1.72.